The SMILES string of the molecule is Cc1ccc2c(c1)Nc1c(cnn1C)CN2C(=O)c1ccc(CNC(=O)C2CCN(CC3CC3)CC2)cc1C. The molecule has 0 radical (unpaired) electrons. The van der Waals surface area contributed by atoms with Crippen molar-refractivity contribution in [2.24, 2.45) is 18.9 Å². The maximum atomic E-state index is 13.9. The number of carbonyl (C=O) groups is 2. The van der Waals surface area contributed by atoms with Crippen molar-refractivity contribution in [1.29, 1.82) is 0 Å². The highest BCUT2D eigenvalue weighted by molar-refractivity contribution is 6.09. The second-order valence-electron chi connectivity index (χ2n) is 11.6. The second kappa shape index (κ2) is 10.5. The van der Waals surface area contributed by atoms with Gasteiger partial charge in [-0.25, -0.2) is 0 Å². The van der Waals surface area contributed by atoms with E-state index in [0.29, 0.717) is 18.7 Å². The number of fused-ring (bicyclic) bond motifs is 2. The first kappa shape index (κ1) is 25.6. The molecule has 1 aliphatic carbocycles. The number of anilines is 3. The highest BCUT2D eigenvalue weighted by Crippen LogP contribution is 2.37. The van der Waals surface area contributed by atoms with Crippen LogP contribution in [0, 0.1) is 25.7 Å². The van der Waals surface area contributed by atoms with Crippen molar-refractivity contribution in [3.8, 4) is 0 Å². The molecule has 3 heterocycles. The average Bonchev–Trinajstić information content (AvgIpc) is 3.71. The number of hydrogen-bond donors (Lipinski definition) is 2. The van der Waals surface area contributed by atoms with Crippen LogP contribution in [0.5, 0.6) is 0 Å². The van der Waals surface area contributed by atoms with Gasteiger partial charge in [-0.15, -0.1) is 0 Å². The van der Waals surface area contributed by atoms with Crippen LogP contribution in [0.2, 0.25) is 0 Å². The summed E-state index contributed by atoms with van der Waals surface area (Å²) in [5.41, 5.74) is 6.39. The third kappa shape index (κ3) is 5.43. The van der Waals surface area contributed by atoms with Gasteiger partial charge in [0.15, 0.2) is 0 Å². The van der Waals surface area contributed by atoms with Gasteiger partial charge >= 0.3 is 0 Å². The third-order valence-electron chi connectivity index (χ3n) is 8.44. The average molecular weight is 527 g/mol. The Bertz CT molecular complexity index is 1400. The van der Waals surface area contributed by atoms with Crippen molar-refractivity contribution in [2.75, 3.05) is 29.9 Å². The van der Waals surface area contributed by atoms with Crippen LogP contribution in [0.25, 0.3) is 0 Å². The topological polar surface area (TPSA) is 82.5 Å². The number of piperidine rings is 1. The molecule has 2 N–H and O–H groups in total. The summed E-state index contributed by atoms with van der Waals surface area (Å²) in [5.74, 6) is 1.99. The van der Waals surface area contributed by atoms with Crippen LogP contribution in [0.15, 0.2) is 42.6 Å². The summed E-state index contributed by atoms with van der Waals surface area (Å²) >= 11 is 0. The Morgan fingerprint density at radius 3 is 2.59 bits per heavy atom. The molecule has 1 saturated carbocycles. The van der Waals surface area contributed by atoms with E-state index in [1.807, 2.05) is 62.3 Å². The fourth-order valence-electron chi connectivity index (χ4n) is 5.91. The summed E-state index contributed by atoms with van der Waals surface area (Å²) in [5, 5.41) is 11.0. The largest absolute Gasteiger partial charge is 0.352 e. The Morgan fingerprint density at radius 2 is 1.85 bits per heavy atom. The highest BCUT2D eigenvalue weighted by Gasteiger charge is 2.30. The van der Waals surface area contributed by atoms with Gasteiger partial charge in [-0.3, -0.25) is 14.3 Å². The summed E-state index contributed by atoms with van der Waals surface area (Å²) < 4.78 is 1.81. The Kier molecular flexibility index (Phi) is 6.89. The normalized spacial score (nSPS) is 17.7. The number of aryl methyl sites for hydroxylation is 3. The maximum absolute atomic E-state index is 13.9. The molecule has 2 aromatic carbocycles. The van der Waals surface area contributed by atoms with Gasteiger partial charge in [0.25, 0.3) is 5.91 Å². The fourth-order valence-corrected chi connectivity index (χ4v) is 5.91. The fraction of sp³-hybridized carbons (Fsp3) is 0.452. The van der Waals surface area contributed by atoms with Gasteiger partial charge in [0.1, 0.15) is 5.82 Å². The van der Waals surface area contributed by atoms with E-state index in [-0.39, 0.29) is 17.7 Å². The number of rotatable bonds is 6. The van der Waals surface area contributed by atoms with E-state index in [2.05, 4.69) is 26.7 Å². The molecule has 2 amide bonds. The highest BCUT2D eigenvalue weighted by atomic mass is 16.2. The first-order chi connectivity index (χ1) is 18.9. The van der Waals surface area contributed by atoms with Crippen LogP contribution in [0.4, 0.5) is 17.2 Å². The summed E-state index contributed by atoms with van der Waals surface area (Å²) in [6.07, 6.45) is 6.44. The van der Waals surface area contributed by atoms with Crippen LogP contribution >= 0.6 is 0 Å². The number of nitrogens with one attached hydrogen (secondary N) is 2. The van der Waals surface area contributed by atoms with Crippen molar-refractivity contribution in [3.05, 3.63) is 70.4 Å². The zero-order valence-electron chi connectivity index (χ0n) is 23.2. The number of amides is 2. The van der Waals surface area contributed by atoms with Gasteiger partial charge in [-0.05, 0) is 93.4 Å². The molecule has 2 aliphatic heterocycles. The standard InChI is InChI=1S/C31H38N6O2/c1-20-4-9-28-27(14-20)34-29-25(17-33-35(29)3)19-37(28)31(39)26-8-7-23(15-21(26)2)16-32-30(38)24-10-12-36(13-11-24)18-22-5-6-22/h4,7-9,14-15,17,22,24,34H,5-6,10-13,16,18-19H2,1-3H3,(H,32,38). The monoisotopic (exact) mass is 526 g/mol. The van der Waals surface area contributed by atoms with E-state index in [1.165, 1.54) is 19.4 Å². The van der Waals surface area contributed by atoms with Gasteiger partial charge < -0.3 is 20.4 Å². The van der Waals surface area contributed by atoms with Gasteiger partial charge in [-0.2, -0.15) is 5.10 Å². The lowest BCUT2D eigenvalue weighted by molar-refractivity contribution is -0.126. The number of benzene rings is 2. The van der Waals surface area contributed by atoms with E-state index in [0.717, 1.165) is 71.3 Å². The van der Waals surface area contributed by atoms with Gasteiger partial charge in [0.05, 0.1) is 24.1 Å². The van der Waals surface area contributed by atoms with E-state index >= 15 is 0 Å². The molecule has 0 atom stereocenters. The quantitative estimate of drug-likeness (QED) is 0.488. The Balaban J connectivity index is 1.13. The molecule has 6 rings (SSSR count). The van der Waals surface area contributed by atoms with Crippen molar-refractivity contribution in [3.63, 3.8) is 0 Å². The van der Waals surface area contributed by atoms with Gasteiger partial charge in [0.2, 0.25) is 5.91 Å². The minimum absolute atomic E-state index is 0.0513. The predicted molar refractivity (Wildman–Crippen MR) is 153 cm³/mol. The van der Waals surface area contributed by atoms with Crippen molar-refractivity contribution < 1.29 is 9.59 Å². The molecule has 0 spiro atoms. The molecule has 0 unspecified atom stereocenters. The molecule has 3 aliphatic rings. The maximum Gasteiger partial charge on any atom is 0.258 e. The lowest BCUT2D eigenvalue weighted by Crippen LogP contribution is -2.41. The molecule has 3 aromatic rings. The number of hydrogen-bond acceptors (Lipinski definition) is 5. The second-order valence-corrected chi connectivity index (χ2v) is 11.6. The van der Waals surface area contributed by atoms with Crippen molar-refractivity contribution >= 4 is 29.0 Å². The molecule has 204 valence electrons. The van der Waals surface area contributed by atoms with E-state index in [4.69, 9.17) is 0 Å². The summed E-state index contributed by atoms with van der Waals surface area (Å²) in [7, 11) is 1.90. The minimum Gasteiger partial charge on any atom is -0.352 e. The number of likely N-dealkylation sites (tertiary alicyclic amines) is 1. The predicted octanol–water partition coefficient (Wildman–Crippen LogP) is 4.68. The lowest BCUT2D eigenvalue weighted by atomic mass is 9.95. The third-order valence-corrected chi connectivity index (χ3v) is 8.44. The molecule has 8 nitrogen and oxygen atoms in total. The van der Waals surface area contributed by atoms with Crippen LogP contribution < -0.4 is 15.5 Å². The lowest BCUT2D eigenvalue weighted by Gasteiger charge is -2.31. The van der Waals surface area contributed by atoms with Crippen molar-refractivity contribution in [1.82, 2.24) is 20.0 Å². The smallest absolute Gasteiger partial charge is 0.258 e. The Hall–Kier alpha value is -3.65. The van der Waals surface area contributed by atoms with E-state index in [1.54, 1.807) is 4.68 Å². The van der Waals surface area contributed by atoms with Crippen molar-refractivity contribution in [2.45, 2.75) is 52.6 Å². The first-order valence-corrected chi connectivity index (χ1v) is 14.2. The minimum atomic E-state index is -0.0513. The molecule has 8 heteroatoms. The molecule has 1 saturated heterocycles. The molecule has 39 heavy (non-hydrogen) atoms. The van der Waals surface area contributed by atoms with E-state index in [9.17, 15) is 9.59 Å². The van der Waals surface area contributed by atoms with Crippen LogP contribution in [-0.4, -0.2) is 46.1 Å². The molecule has 0 bridgehead atoms. The van der Waals surface area contributed by atoms with Gasteiger partial charge in [0, 0.05) is 37.2 Å². The first-order valence-electron chi connectivity index (χ1n) is 14.2. The molecular weight excluding hydrogens is 488 g/mol. The molecular formula is C31H38N6O2. The van der Waals surface area contributed by atoms with E-state index < -0.39 is 0 Å². The molecule has 2 fully saturated rings. The Morgan fingerprint density at radius 1 is 1.05 bits per heavy atom. The summed E-state index contributed by atoms with van der Waals surface area (Å²) in [6.45, 7) is 8.19. The summed E-state index contributed by atoms with van der Waals surface area (Å²) in [6, 6.07) is 12.0. The zero-order valence-corrected chi connectivity index (χ0v) is 23.2. The van der Waals surface area contributed by atoms with Crippen LogP contribution in [-0.2, 0) is 24.9 Å². The molecule has 1 aromatic heterocycles. The number of aromatic nitrogens is 2. The Labute approximate surface area is 230 Å². The summed E-state index contributed by atoms with van der Waals surface area (Å²) in [4.78, 5) is 31.1. The van der Waals surface area contributed by atoms with Gasteiger partial charge in [-0.1, -0.05) is 18.2 Å². The van der Waals surface area contributed by atoms with Crippen LogP contribution in [0.3, 0.4) is 0 Å². The van der Waals surface area contributed by atoms with Crippen LogP contribution in [0.1, 0.15) is 58.3 Å². The number of nitrogens with zero attached hydrogens (tertiary/aromatic N) is 4. The number of carbonyl (C=O) groups excluding carboxylic acids is 2. The zero-order chi connectivity index (χ0) is 27.1.